The van der Waals surface area contributed by atoms with E-state index >= 15 is 0 Å². The third-order valence-electron chi connectivity index (χ3n) is 3.52. The highest BCUT2D eigenvalue weighted by molar-refractivity contribution is 4.93. The second kappa shape index (κ2) is 3.14. The molecule has 1 aliphatic rings. The van der Waals surface area contributed by atoms with Crippen molar-refractivity contribution >= 4 is 0 Å². The second-order valence-electron chi connectivity index (χ2n) is 4.23. The summed E-state index contributed by atoms with van der Waals surface area (Å²) in [7, 11) is 1.82. The Bertz CT molecular complexity index is 125. The van der Waals surface area contributed by atoms with Gasteiger partial charge in [0.25, 0.3) is 0 Å². The summed E-state index contributed by atoms with van der Waals surface area (Å²) in [5, 5.41) is 0. The van der Waals surface area contributed by atoms with Crippen molar-refractivity contribution in [2.45, 2.75) is 46.1 Å². The topological polar surface area (TPSA) is 9.23 Å². The smallest absolute Gasteiger partial charge is 0.0582 e. The summed E-state index contributed by atoms with van der Waals surface area (Å²) >= 11 is 0. The molecule has 0 radical (unpaired) electrons. The van der Waals surface area contributed by atoms with E-state index in [9.17, 15) is 0 Å². The van der Waals surface area contributed by atoms with E-state index in [1.165, 1.54) is 19.3 Å². The number of hydrogen-bond acceptors (Lipinski definition) is 1. The fourth-order valence-electron chi connectivity index (χ4n) is 2.04. The van der Waals surface area contributed by atoms with Gasteiger partial charge >= 0.3 is 0 Å². The minimum Gasteiger partial charge on any atom is -0.381 e. The molecule has 0 spiro atoms. The number of hydrogen-bond donors (Lipinski definition) is 0. The van der Waals surface area contributed by atoms with E-state index in [4.69, 9.17) is 4.74 Å². The maximum Gasteiger partial charge on any atom is 0.0582 e. The van der Waals surface area contributed by atoms with E-state index in [0.717, 1.165) is 5.92 Å². The zero-order valence-corrected chi connectivity index (χ0v) is 8.18. The molecule has 1 fully saturated rings. The first-order chi connectivity index (χ1) is 5.12. The lowest BCUT2D eigenvalue weighted by Crippen LogP contribution is -2.43. The van der Waals surface area contributed by atoms with Crippen molar-refractivity contribution in [3.05, 3.63) is 0 Å². The maximum absolute atomic E-state index is 5.28. The van der Waals surface area contributed by atoms with Gasteiger partial charge in [-0.15, -0.1) is 0 Å². The van der Waals surface area contributed by atoms with Gasteiger partial charge in [-0.3, -0.25) is 0 Å². The van der Waals surface area contributed by atoms with Crippen LogP contribution in [0.15, 0.2) is 0 Å². The average Bonchev–Trinajstić information content (AvgIpc) is 1.96. The highest BCUT2D eigenvalue weighted by atomic mass is 16.5. The first-order valence-electron chi connectivity index (χ1n) is 4.65. The molecular formula is C10H20O. The summed E-state index contributed by atoms with van der Waals surface area (Å²) in [5.41, 5.74) is 0.579. The molecule has 66 valence electrons. The molecule has 1 unspecified atom stereocenters. The van der Waals surface area contributed by atoms with Crippen molar-refractivity contribution in [1.82, 2.24) is 0 Å². The zero-order chi connectivity index (χ0) is 8.48. The van der Waals surface area contributed by atoms with Gasteiger partial charge in [0.05, 0.1) is 6.10 Å². The van der Waals surface area contributed by atoms with Crippen LogP contribution < -0.4 is 0 Å². The van der Waals surface area contributed by atoms with Crippen LogP contribution in [-0.2, 0) is 4.74 Å². The minimum atomic E-state index is 0.550. The Kier molecular flexibility index (Phi) is 2.58. The van der Waals surface area contributed by atoms with Gasteiger partial charge in [-0.1, -0.05) is 27.2 Å². The number of ether oxygens (including phenoxy) is 1. The van der Waals surface area contributed by atoms with Crippen LogP contribution >= 0.6 is 0 Å². The van der Waals surface area contributed by atoms with Crippen LogP contribution in [0.5, 0.6) is 0 Å². The highest BCUT2D eigenvalue weighted by Gasteiger charge is 2.43. The van der Waals surface area contributed by atoms with Gasteiger partial charge < -0.3 is 4.74 Å². The van der Waals surface area contributed by atoms with Gasteiger partial charge in [0.2, 0.25) is 0 Å². The lowest BCUT2D eigenvalue weighted by molar-refractivity contribution is -0.0770. The molecule has 11 heavy (non-hydrogen) atoms. The monoisotopic (exact) mass is 156 g/mol. The number of rotatable bonds is 3. The molecule has 1 heteroatoms. The third kappa shape index (κ3) is 1.58. The predicted octanol–water partition coefficient (Wildman–Crippen LogP) is 2.85. The standard InChI is InChI=1S/C10H20O/c1-5-8(2)10(3)6-9(7-10)11-4/h8-9H,5-7H2,1-4H3. The summed E-state index contributed by atoms with van der Waals surface area (Å²) in [4.78, 5) is 0. The van der Waals surface area contributed by atoms with E-state index in [1.807, 2.05) is 7.11 Å². The molecule has 0 saturated heterocycles. The van der Waals surface area contributed by atoms with Gasteiger partial charge in [0.1, 0.15) is 0 Å². The van der Waals surface area contributed by atoms with E-state index in [2.05, 4.69) is 20.8 Å². The van der Waals surface area contributed by atoms with Crippen molar-refractivity contribution in [1.29, 1.82) is 0 Å². The molecule has 1 saturated carbocycles. The molecule has 0 aromatic heterocycles. The average molecular weight is 156 g/mol. The number of methoxy groups -OCH3 is 1. The maximum atomic E-state index is 5.28. The fourth-order valence-corrected chi connectivity index (χ4v) is 2.04. The Hall–Kier alpha value is -0.0400. The van der Waals surface area contributed by atoms with Crippen molar-refractivity contribution < 1.29 is 4.74 Å². The van der Waals surface area contributed by atoms with Crippen LogP contribution in [0.1, 0.15) is 40.0 Å². The molecule has 1 atom stereocenters. The third-order valence-corrected chi connectivity index (χ3v) is 3.52. The summed E-state index contributed by atoms with van der Waals surface area (Å²) in [6.07, 6.45) is 4.37. The molecule has 0 bridgehead atoms. The Balaban J connectivity index is 2.36. The van der Waals surface area contributed by atoms with Gasteiger partial charge in [-0.05, 0) is 24.2 Å². The summed E-state index contributed by atoms with van der Waals surface area (Å²) in [6.45, 7) is 7.01. The Morgan fingerprint density at radius 2 is 2.09 bits per heavy atom. The van der Waals surface area contributed by atoms with Gasteiger partial charge in [-0.2, -0.15) is 0 Å². The Labute approximate surface area is 70.1 Å². The molecular weight excluding hydrogens is 136 g/mol. The van der Waals surface area contributed by atoms with Crippen LogP contribution in [0.4, 0.5) is 0 Å². The predicted molar refractivity (Wildman–Crippen MR) is 47.6 cm³/mol. The van der Waals surface area contributed by atoms with Crippen molar-refractivity contribution in [2.24, 2.45) is 11.3 Å². The molecule has 1 aliphatic carbocycles. The minimum absolute atomic E-state index is 0.550. The molecule has 0 N–H and O–H groups in total. The SMILES string of the molecule is CCC(C)C1(C)CC(OC)C1. The molecule has 0 aromatic carbocycles. The Morgan fingerprint density at radius 1 is 1.55 bits per heavy atom. The summed E-state index contributed by atoms with van der Waals surface area (Å²) in [6, 6.07) is 0. The molecule has 0 aromatic rings. The largest absolute Gasteiger partial charge is 0.381 e. The first kappa shape index (κ1) is 9.05. The van der Waals surface area contributed by atoms with Crippen LogP contribution in [0.3, 0.4) is 0 Å². The van der Waals surface area contributed by atoms with Crippen molar-refractivity contribution in [3.63, 3.8) is 0 Å². The van der Waals surface area contributed by atoms with Crippen LogP contribution in [0, 0.1) is 11.3 Å². The van der Waals surface area contributed by atoms with Crippen LogP contribution in [0.25, 0.3) is 0 Å². The Morgan fingerprint density at radius 3 is 2.45 bits per heavy atom. The molecule has 1 nitrogen and oxygen atoms in total. The molecule has 0 amide bonds. The summed E-state index contributed by atoms with van der Waals surface area (Å²) < 4.78 is 5.28. The van der Waals surface area contributed by atoms with Gasteiger partial charge in [0, 0.05) is 7.11 Å². The zero-order valence-electron chi connectivity index (χ0n) is 8.18. The quantitative estimate of drug-likeness (QED) is 0.610. The molecule has 0 heterocycles. The lowest BCUT2D eigenvalue weighted by atomic mass is 9.61. The molecule has 0 aliphatic heterocycles. The second-order valence-corrected chi connectivity index (χ2v) is 4.23. The van der Waals surface area contributed by atoms with Gasteiger partial charge in [-0.25, -0.2) is 0 Å². The van der Waals surface area contributed by atoms with E-state index in [-0.39, 0.29) is 0 Å². The van der Waals surface area contributed by atoms with E-state index < -0.39 is 0 Å². The first-order valence-corrected chi connectivity index (χ1v) is 4.65. The molecule has 1 rings (SSSR count). The fraction of sp³-hybridized carbons (Fsp3) is 1.00. The normalized spacial score (nSPS) is 39.8. The van der Waals surface area contributed by atoms with E-state index in [1.54, 1.807) is 0 Å². The van der Waals surface area contributed by atoms with Crippen LogP contribution in [-0.4, -0.2) is 13.2 Å². The van der Waals surface area contributed by atoms with E-state index in [0.29, 0.717) is 11.5 Å². The summed E-state index contributed by atoms with van der Waals surface area (Å²) in [5.74, 6) is 0.855. The van der Waals surface area contributed by atoms with Crippen LogP contribution in [0.2, 0.25) is 0 Å². The van der Waals surface area contributed by atoms with Crippen molar-refractivity contribution in [2.75, 3.05) is 7.11 Å². The highest BCUT2D eigenvalue weighted by Crippen LogP contribution is 2.48. The lowest BCUT2D eigenvalue weighted by Gasteiger charge is -2.48. The van der Waals surface area contributed by atoms with Crippen molar-refractivity contribution in [3.8, 4) is 0 Å². The van der Waals surface area contributed by atoms with Gasteiger partial charge in [0.15, 0.2) is 0 Å².